The molecule has 4 atom stereocenters. The summed E-state index contributed by atoms with van der Waals surface area (Å²) < 4.78 is 7.01. The number of hydrogen-bond donors (Lipinski definition) is 4. The smallest absolute Gasteiger partial charge is 0.164 e. The standard InChI is InChI=1S/C12H15N3O5/c16-3-7-6-1-2-15(11(6)14-5-13-7)12-10(19)9(18)8(4-17)20-12/h1-2,5,8-10,12,16-19H,3-4H2/t8?,9-,10-,12+/m0/s1. The van der Waals surface area contributed by atoms with Gasteiger partial charge in [0.05, 0.1) is 18.9 Å². The molecule has 0 radical (unpaired) electrons. The molecule has 1 unspecified atom stereocenters. The number of rotatable bonds is 3. The van der Waals surface area contributed by atoms with E-state index in [-0.39, 0.29) is 13.2 Å². The maximum Gasteiger partial charge on any atom is 0.164 e. The van der Waals surface area contributed by atoms with Gasteiger partial charge in [0.15, 0.2) is 6.23 Å². The van der Waals surface area contributed by atoms with Crippen LogP contribution in [0.1, 0.15) is 11.9 Å². The van der Waals surface area contributed by atoms with E-state index in [1.54, 1.807) is 16.8 Å². The van der Waals surface area contributed by atoms with E-state index >= 15 is 0 Å². The quantitative estimate of drug-likeness (QED) is 0.542. The summed E-state index contributed by atoms with van der Waals surface area (Å²) in [5.74, 6) is 0. The van der Waals surface area contributed by atoms with Gasteiger partial charge in [-0.05, 0) is 6.07 Å². The number of aliphatic hydroxyl groups is 4. The molecule has 2 aromatic heterocycles. The van der Waals surface area contributed by atoms with E-state index in [4.69, 9.17) is 9.84 Å². The largest absolute Gasteiger partial charge is 0.394 e. The molecule has 3 rings (SSSR count). The van der Waals surface area contributed by atoms with Gasteiger partial charge in [0.1, 0.15) is 30.3 Å². The number of aliphatic hydroxyl groups excluding tert-OH is 4. The third-order valence-electron chi connectivity index (χ3n) is 3.53. The fraction of sp³-hybridized carbons (Fsp3) is 0.500. The number of nitrogens with zero attached hydrogens (tertiary/aromatic N) is 3. The van der Waals surface area contributed by atoms with Crippen LogP contribution in [-0.4, -0.2) is 59.9 Å². The highest BCUT2D eigenvalue weighted by Gasteiger charge is 2.43. The van der Waals surface area contributed by atoms with Crippen molar-refractivity contribution in [1.29, 1.82) is 0 Å². The highest BCUT2D eigenvalue weighted by atomic mass is 16.6. The van der Waals surface area contributed by atoms with E-state index in [2.05, 4.69) is 9.97 Å². The van der Waals surface area contributed by atoms with Gasteiger partial charge in [-0.1, -0.05) is 0 Å². The molecule has 8 heteroatoms. The van der Waals surface area contributed by atoms with E-state index < -0.39 is 24.5 Å². The van der Waals surface area contributed by atoms with Crippen LogP contribution < -0.4 is 0 Å². The predicted molar refractivity (Wildman–Crippen MR) is 66.5 cm³/mol. The summed E-state index contributed by atoms with van der Waals surface area (Å²) >= 11 is 0. The molecule has 1 aliphatic rings. The lowest BCUT2D eigenvalue weighted by molar-refractivity contribution is -0.0508. The van der Waals surface area contributed by atoms with E-state index in [1.165, 1.54) is 6.33 Å². The normalized spacial score (nSPS) is 30.2. The Labute approximate surface area is 113 Å². The molecule has 1 saturated heterocycles. The lowest BCUT2D eigenvalue weighted by Gasteiger charge is -2.17. The van der Waals surface area contributed by atoms with Gasteiger partial charge in [0, 0.05) is 11.6 Å². The molecule has 0 amide bonds. The van der Waals surface area contributed by atoms with Crippen LogP contribution in [0, 0.1) is 0 Å². The molecule has 20 heavy (non-hydrogen) atoms. The average molecular weight is 281 g/mol. The van der Waals surface area contributed by atoms with Crippen LogP contribution in [0.25, 0.3) is 11.0 Å². The van der Waals surface area contributed by atoms with Gasteiger partial charge in [-0.3, -0.25) is 0 Å². The average Bonchev–Trinajstić information content (AvgIpc) is 3.01. The van der Waals surface area contributed by atoms with Crippen LogP contribution in [0.15, 0.2) is 18.6 Å². The molecule has 0 aromatic carbocycles. The van der Waals surface area contributed by atoms with E-state index in [0.29, 0.717) is 16.7 Å². The molecule has 4 N–H and O–H groups in total. The molecular formula is C12H15N3O5. The summed E-state index contributed by atoms with van der Waals surface area (Å²) in [6.07, 6.45) is -1.07. The van der Waals surface area contributed by atoms with Crippen molar-refractivity contribution in [3.8, 4) is 0 Å². The zero-order chi connectivity index (χ0) is 14.3. The Hall–Kier alpha value is -1.58. The zero-order valence-electron chi connectivity index (χ0n) is 10.5. The molecule has 1 aliphatic heterocycles. The van der Waals surface area contributed by atoms with Gasteiger partial charge >= 0.3 is 0 Å². The number of ether oxygens (including phenoxy) is 1. The van der Waals surface area contributed by atoms with Crippen LogP contribution >= 0.6 is 0 Å². The Kier molecular flexibility index (Phi) is 3.40. The van der Waals surface area contributed by atoms with E-state index in [9.17, 15) is 15.3 Å². The highest BCUT2D eigenvalue weighted by molar-refractivity contribution is 5.78. The minimum absolute atomic E-state index is 0.223. The molecule has 1 fully saturated rings. The minimum Gasteiger partial charge on any atom is -0.394 e. The number of aromatic nitrogens is 3. The summed E-state index contributed by atoms with van der Waals surface area (Å²) in [4.78, 5) is 8.07. The summed E-state index contributed by atoms with van der Waals surface area (Å²) in [5, 5.41) is 38.8. The molecular weight excluding hydrogens is 266 g/mol. The minimum atomic E-state index is -1.17. The molecule has 0 spiro atoms. The van der Waals surface area contributed by atoms with Crippen molar-refractivity contribution in [3.05, 3.63) is 24.3 Å². The summed E-state index contributed by atoms with van der Waals surface area (Å²) in [5.41, 5.74) is 0.958. The lowest BCUT2D eigenvalue weighted by atomic mass is 10.1. The fourth-order valence-corrected chi connectivity index (χ4v) is 2.46. The topological polar surface area (TPSA) is 121 Å². The molecule has 3 heterocycles. The molecule has 108 valence electrons. The van der Waals surface area contributed by atoms with E-state index in [0.717, 1.165) is 0 Å². The van der Waals surface area contributed by atoms with Crippen LogP contribution in [0.3, 0.4) is 0 Å². The lowest BCUT2D eigenvalue weighted by Crippen LogP contribution is -2.33. The van der Waals surface area contributed by atoms with Crippen molar-refractivity contribution >= 4 is 11.0 Å². The maximum absolute atomic E-state index is 10.0. The third-order valence-corrected chi connectivity index (χ3v) is 3.53. The Bertz CT molecular complexity index is 616. The van der Waals surface area contributed by atoms with E-state index in [1.807, 2.05) is 0 Å². The van der Waals surface area contributed by atoms with Crippen molar-refractivity contribution in [1.82, 2.24) is 14.5 Å². The Morgan fingerprint density at radius 2 is 2.00 bits per heavy atom. The van der Waals surface area contributed by atoms with Gasteiger partial charge in [-0.2, -0.15) is 0 Å². The van der Waals surface area contributed by atoms with Crippen molar-refractivity contribution in [2.24, 2.45) is 0 Å². The van der Waals surface area contributed by atoms with Crippen LogP contribution in [-0.2, 0) is 11.3 Å². The van der Waals surface area contributed by atoms with Crippen molar-refractivity contribution in [3.63, 3.8) is 0 Å². The second-order valence-electron chi connectivity index (χ2n) is 4.67. The number of fused-ring (bicyclic) bond motifs is 1. The first-order valence-electron chi connectivity index (χ1n) is 6.21. The monoisotopic (exact) mass is 281 g/mol. The first-order valence-corrected chi connectivity index (χ1v) is 6.21. The molecule has 2 aromatic rings. The molecule has 8 nitrogen and oxygen atoms in total. The van der Waals surface area contributed by atoms with Crippen LogP contribution in [0.2, 0.25) is 0 Å². The van der Waals surface area contributed by atoms with Gasteiger partial charge < -0.3 is 29.7 Å². The number of hydrogen-bond acceptors (Lipinski definition) is 7. The Morgan fingerprint density at radius 1 is 1.20 bits per heavy atom. The van der Waals surface area contributed by atoms with Gasteiger partial charge in [-0.25, -0.2) is 9.97 Å². The van der Waals surface area contributed by atoms with Crippen LogP contribution in [0.5, 0.6) is 0 Å². The third kappa shape index (κ3) is 1.89. The second kappa shape index (κ2) is 5.08. The Morgan fingerprint density at radius 3 is 2.65 bits per heavy atom. The summed E-state index contributed by atoms with van der Waals surface area (Å²) in [7, 11) is 0. The van der Waals surface area contributed by atoms with Crippen LogP contribution in [0.4, 0.5) is 0 Å². The molecule has 0 saturated carbocycles. The van der Waals surface area contributed by atoms with Gasteiger partial charge in [0.25, 0.3) is 0 Å². The maximum atomic E-state index is 10.0. The SMILES string of the molecule is OCc1ncnc2c1ccn2[C@@H]1OC(CO)[C@H](O)[C@@H]1O. The van der Waals surface area contributed by atoms with Crippen molar-refractivity contribution in [2.75, 3.05) is 6.61 Å². The predicted octanol–water partition coefficient (Wildman–Crippen LogP) is -1.46. The Balaban J connectivity index is 2.03. The van der Waals surface area contributed by atoms with Gasteiger partial charge in [-0.15, -0.1) is 0 Å². The second-order valence-corrected chi connectivity index (χ2v) is 4.67. The highest BCUT2D eigenvalue weighted by Crippen LogP contribution is 2.32. The zero-order valence-corrected chi connectivity index (χ0v) is 10.5. The van der Waals surface area contributed by atoms with Gasteiger partial charge in [0.2, 0.25) is 0 Å². The fourth-order valence-electron chi connectivity index (χ4n) is 2.46. The summed E-state index contributed by atoms with van der Waals surface area (Å²) in [6.45, 7) is -0.607. The first-order chi connectivity index (χ1) is 9.67. The van der Waals surface area contributed by atoms with Crippen molar-refractivity contribution < 1.29 is 25.2 Å². The first kappa shape index (κ1) is 13.4. The molecule has 0 aliphatic carbocycles. The summed E-state index contributed by atoms with van der Waals surface area (Å²) in [6, 6.07) is 1.70. The van der Waals surface area contributed by atoms with Crippen molar-refractivity contribution in [2.45, 2.75) is 31.1 Å². The molecule has 0 bridgehead atoms.